The van der Waals surface area contributed by atoms with Crippen molar-refractivity contribution in [3.63, 3.8) is 0 Å². The molecule has 0 N–H and O–H groups in total. The van der Waals surface area contributed by atoms with Gasteiger partial charge >= 0.3 is 0 Å². The Morgan fingerprint density at radius 3 is 1.77 bits per heavy atom. The molecule has 4 heteroatoms. The second kappa shape index (κ2) is 10.7. The van der Waals surface area contributed by atoms with E-state index in [0.717, 1.165) is 42.0 Å². The summed E-state index contributed by atoms with van der Waals surface area (Å²) >= 11 is 0. The van der Waals surface area contributed by atoms with Crippen LogP contribution in [0, 0.1) is 0 Å². The van der Waals surface area contributed by atoms with Gasteiger partial charge in [0, 0.05) is 11.4 Å². The number of para-hydroxylation sites is 1. The molecule has 0 heterocycles. The van der Waals surface area contributed by atoms with Crippen LogP contribution in [0.3, 0.4) is 0 Å². The number of rotatable bonds is 9. The lowest BCUT2D eigenvalue weighted by molar-refractivity contribution is -0.106. The van der Waals surface area contributed by atoms with E-state index in [4.69, 9.17) is 0 Å². The number of hydrogen-bond acceptors (Lipinski definition) is 3. The minimum absolute atomic E-state index is 0.490. The van der Waals surface area contributed by atoms with Crippen LogP contribution in [0.1, 0.15) is 63.5 Å². The van der Waals surface area contributed by atoms with Gasteiger partial charge in [-0.25, -0.2) is 0 Å². The molecule has 0 aliphatic heterocycles. The van der Waals surface area contributed by atoms with E-state index in [1.807, 2.05) is 54.6 Å². The molecule has 2 unspecified atom stereocenters. The third-order valence-corrected chi connectivity index (χ3v) is 5.87. The van der Waals surface area contributed by atoms with Crippen LogP contribution in [0.5, 0.6) is 0 Å². The molecule has 0 bridgehead atoms. The molecule has 160 valence electrons. The van der Waals surface area contributed by atoms with E-state index in [-0.39, 0.29) is 0 Å². The molecule has 31 heavy (non-hydrogen) atoms. The number of anilines is 2. The molecule has 4 nitrogen and oxygen atoms in total. The van der Waals surface area contributed by atoms with Gasteiger partial charge in [0.1, 0.15) is 0 Å². The lowest BCUT2D eigenvalue weighted by Gasteiger charge is -2.17. The average Bonchev–Trinajstić information content (AvgIpc) is 2.83. The Morgan fingerprint density at radius 1 is 0.742 bits per heavy atom. The normalized spacial score (nSPS) is 13.2. The monoisotopic (exact) mass is 413 g/mol. The lowest BCUT2D eigenvalue weighted by Crippen LogP contribution is -2.13. The molecular formula is C27H31N3O. The molecule has 0 fully saturated rings. The van der Waals surface area contributed by atoms with Crippen molar-refractivity contribution in [2.24, 2.45) is 10.2 Å². The van der Waals surface area contributed by atoms with Gasteiger partial charge in [-0.15, -0.1) is 0 Å². The number of hydrogen-bond donors (Lipinski definition) is 0. The molecule has 0 aromatic heterocycles. The average molecular weight is 414 g/mol. The third kappa shape index (κ3) is 5.66. The first-order valence-electron chi connectivity index (χ1n) is 11.0. The van der Waals surface area contributed by atoms with Crippen LogP contribution in [0.4, 0.5) is 22.7 Å². The van der Waals surface area contributed by atoms with E-state index in [9.17, 15) is 4.79 Å². The first-order chi connectivity index (χ1) is 15.0. The molecule has 0 saturated carbocycles. The Labute approximate surface area is 185 Å². The van der Waals surface area contributed by atoms with E-state index in [2.05, 4.69) is 56.1 Å². The molecular weight excluding hydrogens is 382 g/mol. The van der Waals surface area contributed by atoms with Crippen LogP contribution in [0.25, 0.3) is 0 Å². The molecule has 0 spiro atoms. The minimum Gasteiger partial charge on any atom is -0.284 e. The summed E-state index contributed by atoms with van der Waals surface area (Å²) in [5.41, 5.74) is 5.88. The molecule has 0 saturated heterocycles. The summed E-state index contributed by atoms with van der Waals surface area (Å²) in [7, 11) is 0. The van der Waals surface area contributed by atoms with Crippen LogP contribution < -0.4 is 4.90 Å². The van der Waals surface area contributed by atoms with Gasteiger partial charge in [-0.05, 0) is 84.3 Å². The summed E-state index contributed by atoms with van der Waals surface area (Å²) < 4.78 is 0. The van der Waals surface area contributed by atoms with E-state index < -0.39 is 0 Å². The highest BCUT2D eigenvalue weighted by Crippen LogP contribution is 2.31. The summed E-state index contributed by atoms with van der Waals surface area (Å²) in [4.78, 5) is 13.2. The van der Waals surface area contributed by atoms with Gasteiger partial charge in [-0.3, -0.25) is 9.69 Å². The molecule has 0 aliphatic rings. The fraction of sp³-hybridized carbons (Fsp3) is 0.296. The number of nitrogens with zero attached hydrogens (tertiary/aromatic N) is 3. The van der Waals surface area contributed by atoms with Crippen molar-refractivity contribution >= 4 is 29.2 Å². The predicted octanol–water partition coefficient (Wildman–Crippen LogP) is 8.42. The van der Waals surface area contributed by atoms with Crippen molar-refractivity contribution in [3.05, 3.63) is 83.9 Å². The number of carbonyl (C=O) groups excluding carboxylic acids is 1. The predicted molar refractivity (Wildman–Crippen MR) is 129 cm³/mol. The molecule has 1 amide bonds. The lowest BCUT2D eigenvalue weighted by atomic mass is 9.91. The van der Waals surface area contributed by atoms with E-state index in [1.54, 1.807) is 4.90 Å². The largest absolute Gasteiger partial charge is 0.284 e. The zero-order valence-corrected chi connectivity index (χ0v) is 18.8. The summed E-state index contributed by atoms with van der Waals surface area (Å²) in [5.74, 6) is 0.981. The quantitative estimate of drug-likeness (QED) is 0.256. The fourth-order valence-electron chi connectivity index (χ4n) is 3.41. The Balaban J connectivity index is 1.84. The van der Waals surface area contributed by atoms with Crippen molar-refractivity contribution in [1.29, 1.82) is 0 Å². The molecule has 3 aromatic carbocycles. The molecule has 0 radical (unpaired) electrons. The first-order valence-corrected chi connectivity index (χ1v) is 11.0. The summed E-state index contributed by atoms with van der Waals surface area (Å²) in [5, 5.41) is 8.97. The van der Waals surface area contributed by atoms with Crippen molar-refractivity contribution in [3.8, 4) is 0 Å². The Morgan fingerprint density at radius 2 is 1.26 bits per heavy atom. The van der Waals surface area contributed by atoms with Crippen LogP contribution >= 0.6 is 0 Å². The van der Waals surface area contributed by atoms with Crippen molar-refractivity contribution in [2.75, 3.05) is 4.90 Å². The molecule has 3 aromatic rings. The molecule has 0 aliphatic carbocycles. The topological polar surface area (TPSA) is 45.0 Å². The van der Waals surface area contributed by atoms with Crippen molar-refractivity contribution in [2.45, 2.75) is 52.4 Å². The smallest absolute Gasteiger partial charge is 0.218 e. The highest BCUT2D eigenvalue weighted by molar-refractivity contribution is 5.86. The second-order valence-electron chi connectivity index (χ2n) is 8.00. The number of benzene rings is 3. The number of azo groups is 1. The Hall–Kier alpha value is -3.27. The van der Waals surface area contributed by atoms with Crippen LogP contribution in [0.2, 0.25) is 0 Å². The number of carbonyl (C=O) groups is 1. The first kappa shape index (κ1) is 22.4. The Bertz CT molecular complexity index is 984. The second-order valence-corrected chi connectivity index (χ2v) is 8.00. The van der Waals surface area contributed by atoms with Gasteiger partial charge in [0.05, 0.1) is 11.4 Å². The van der Waals surface area contributed by atoms with E-state index in [0.29, 0.717) is 11.8 Å². The van der Waals surface area contributed by atoms with Gasteiger partial charge in [-0.1, -0.05) is 52.0 Å². The van der Waals surface area contributed by atoms with Crippen LogP contribution in [-0.4, -0.2) is 6.41 Å². The summed E-state index contributed by atoms with van der Waals surface area (Å²) in [6, 6.07) is 23.7. The van der Waals surface area contributed by atoms with E-state index >= 15 is 0 Å². The SMILES string of the molecule is CCC(C)c1cc(/N=N/c2ccc(N(C=O)c3ccccc3)cc2)cc(C(C)CC)c1. The molecule has 3 rings (SSSR count). The van der Waals surface area contributed by atoms with Crippen LogP contribution in [0.15, 0.2) is 83.0 Å². The maximum Gasteiger partial charge on any atom is 0.218 e. The van der Waals surface area contributed by atoms with Gasteiger partial charge in [0.25, 0.3) is 0 Å². The zero-order valence-electron chi connectivity index (χ0n) is 18.8. The van der Waals surface area contributed by atoms with Gasteiger partial charge < -0.3 is 0 Å². The van der Waals surface area contributed by atoms with Crippen molar-refractivity contribution < 1.29 is 4.79 Å². The maximum atomic E-state index is 11.6. The standard InChI is InChI=1S/C27H31N3O/c1-5-20(3)22-16-23(21(4)6-2)18-25(17-22)29-28-24-12-14-27(15-13-24)30(19-31)26-10-8-7-9-11-26/h7-21H,5-6H2,1-4H3/b29-28+. The van der Waals surface area contributed by atoms with Gasteiger partial charge in [-0.2, -0.15) is 10.2 Å². The molecule has 2 atom stereocenters. The zero-order chi connectivity index (χ0) is 22.2. The summed E-state index contributed by atoms with van der Waals surface area (Å²) in [6.07, 6.45) is 3.01. The van der Waals surface area contributed by atoms with Gasteiger partial charge in [0.15, 0.2) is 0 Å². The summed E-state index contributed by atoms with van der Waals surface area (Å²) in [6.45, 7) is 8.92. The number of amides is 1. The fourth-order valence-corrected chi connectivity index (χ4v) is 3.41. The Kier molecular flexibility index (Phi) is 7.71. The highest BCUT2D eigenvalue weighted by Gasteiger charge is 2.11. The third-order valence-electron chi connectivity index (χ3n) is 5.87. The maximum absolute atomic E-state index is 11.6. The van der Waals surface area contributed by atoms with Crippen LogP contribution in [-0.2, 0) is 4.79 Å². The minimum atomic E-state index is 0.490. The van der Waals surface area contributed by atoms with Gasteiger partial charge in [0.2, 0.25) is 6.41 Å². The van der Waals surface area contributed by atoms with E-state index in [1.165, 1.54) is 11.1 Å². The van der Waals surface area contributed by atoms with Crippen molar-refractivity contribution in [1.82, 2.24) is 0 Å². The highest BCUT2D eigenvalue weighted by atomic mass is 16.1.